The first-order chi connectivity index (χ1) is 8.29. The average Bonchev–Trinajstić information content (AvgIpc) is 2.84. The molecule has 94 valence electrons. The van der Waals surface area contributed by atoms with E-state index in [-0.39, 0.29) is 0 Å². The molecule has 1 aromatic heterocycles. The zero-order valence-corrected chi connectivity index (χ0v) is 10.1. The molecule has 4 N–H and O–H groups in total. The van der Waals surface area contributed by atoms with Gasteiger partial charge in [0.2, 0.25) is 5.95 Å². The molecule has 1 atom stereocenters. The van der Waals surface area contributed by atoms with Crippen LogP contribution in [0.2, 0.25) is 0 Å². The van der Waals surface area contributed by atoms with E-state index in [4.69, 9.17) is 10.6 Å². The van der Waals surface area contributed by atoms with Crippen LogP contribution in [0.5, 0.6) is 0 Å². The summed E-state index contributed by atoms with van der Waals surface area (Å²) in [6.45, 7) is 4.66. The molecule has 1 aliphatic rings. The molecule has 0 radical (unpaired) electrons. The fourth-order valence-electron chi connectivity index (χ4n) is 1.90. The zero-order valence-electron chi connectivity index (χ0n) is 10.1. The summed E-state index contributed by atoms with van der Waals surface area (Å²) in [5.74, 6) is 7.23. The summed E-state index contributed by atoms with van der Waals surface area (Å²) in [4.78, 5) is 8.30. The monoisotopic (exact) mass is 237 g/mol. The Labute approximate surface area is 101 Å². The van der Waals surface area contributed by atoms with Crippen molar-refractivity contribution in [3.05, 3.63) is 11.8 Å². The lowest BCUT2D eigenvalue weighted by molar-refractivity contribution is 0.185. The molecular weight excluding hydrogens is 218 g/mol. The number of nitrogens with one attached hydrogen (secondary N) is 2. The Kier molecular flexibility index (Phi) is 4.11. The molecular formula is C11H19N5O. The Morgan fingerprint density at radius 3 is 3.18 bits per heavy atom. The number of hydrogen-bond donors (Lipinski definition) is 3. The molecule has 0 aromatic carbocycles. The van der Waals surface area contributed by atoms with Crippen LogP contribution in [0.1, 0.15) is 18.4 Å². The lowest BCUT2D eigenvalue weighted by atomic mass is 10.1. The van der Waals surface area contributed by atoms with Crippen molar-refractivity contribution in [2.45, 2.75) is 19.8 Å². The van der Waals surface area contributed by atoms with Gasteiger partial charge in [-0.3, -0.25) is 5.43 Å². The Morgan fingerprint density at radius 2 is 2.47 bits per heavy atom. The van der Waals surface area contributed by atoms with Crippen LogP contribution in [-0.4, -0.2) is 29.7 Å². The van der Waals surface area contributed by atoms with Crippen LogP contribution in [0.25, 0.3) is 0 Å². The van der Waals surface area contributed by atoms with Crippen LogP contribution in [0.4, 0.5) is 11.8 Å². The Hall–Kier alpha value is -1.40. The number of anilines is 2. The molecule has 0 aliphatic carbocycles. The van der Waals surface area contributed by atoms with Crippen molar-refractivity contribution >= 4 is 11.8 Å². The number of ether oxygens (including phenoxy) is 1. The lowest BCUT2D eigenvalue weighted by Gasteiger charge is -2.11. The van der Waals surface area contributed by atoms with E-state index in [0.29, 0.717) is 11.9 Å². The minimum atomic E-state index is 0.433. The van der Waals surface area contributed by atoms with Gasteiger partial charge in [-0.15, -0.1) is 0 Å². The van der Waals surface area contributed by atoms with Gasteiger partial charge in [-0.2, -0.15) is 4.98 Å². The predicted molar refractivity (Wildman–Crippen MR) is 66.6 cm³/mol. The highest BCUT2D eigenvalue weighted by Gasteiger charge is 2.15. The van der Waals surface area contributed by atoms with Crippen molar-refractivity contribution in [3.8, 4) is 0 Å². The summed E-state index contributed by atoms with van der Waals surface area (Å²) in [5, 5.41) is 3.31. The minimum absolute atomic E-state index is 0.433. The van der Waals surface area contributed by atoms with E-state index in [1.165, 1.54) is 6.42 Å². The molecule has 6 heteroatoms. The van der Waals surface area contributed by atoms with Crippen molar-refractivity contribution in [1.82, 2.24) is 9.97 Å². The Bertz CT molecular complexity index is 365. The second-order valence-electron chi connectivity index (χ2n) is 4.31. The molecule has 1 unspecified atom stereocenters. The number of nitrogens with zero attached hydrogens (tertiary/aromatic N) is 2. The van der Waals surface area contributed by atoms with Crippen molar-refractivity contribution < 1.29 is 4.74 Å². The molecule has 0 amide bonds. The van der Waals surface area contributed by atoms with Gasteiger partial charge in [-0.1, -0.05) is 0 Å². The van der Waals surface area contributed by atoms with Crippen LogP contribution in [0.15, 0.2) is 6.20 Å². The number of hydrogen-bond acceptors (Lipinski definition) is 6. The highest BCUT2D eigenvalue weighted by Crippen LogP contribution is 2.17. The Morgan fingerprint density at radius 1 is 1.59 bits per heavy atom. The maximum Gasteiger partial charge on any atom is 0.239 e. The maximum absolute atomic E-state index is 5.34. The molecule has 2 rings (SSSR count). The van der Waals surface area contributed by atoms with E-state index in [1.807, 2.05) is 6.92 Å². The van der Waals surface area contributed by atoms with Gasteiger partial charge >= 0.3 is 0 Å². The first kappa shape index (κ1) is 12.1. The van der Waals surface area contributed by atoms with E-state index in [0.717, 1.165) is 37.6 Å². The summed E-state index contributed by atoms with van der Waals surface area (Å²) in [6, 6.07) is 0. The van der Waals surface area contributed by atoms with Crippen molar-refractivity contribution in [2.24, 2.45) is 11.8 Å². The lowest BCUT2D eigenvalue weighted by Crippen LogP contribution is -2.14. The number of aryl methyl sites for hydroxylation is 1. The molecule has 1 saturated heterocycles. The van der Waals surface area contributed by atoms with Gasteiger partial charge in [0, 0.05) is 31.5 Å². The van der Waals surface area contributed by atoms with Gasteiger partial charge < -0.3 is 10.1 Å². The van der Waals surface area contributed by atoms with Crippen LogP contribution in [-0.2, 0) is 4.74 Å². The maximum atomic E-state index is 5.34. The summed E-state index contributed by atoms with van der Waals surface area (Å²) in [7, 11) is 0. The molecule has 0 saturated carbocycles. The molecule has 1 aromatic rings. The Balaban J connectivity index is 1.84. The van der Waals surface area contributed by atoms with Crippen molar-refractivity contribution in [3.63, 3.8) is 0 Å². The van der Waals surface area contributed by atoms with Gasteiger partial charge in [0.05, 0.1) is 0 Å². The number of hydrazine groups is 1. The second kappa shape index (κ2) is 5.79. The fourth-order valence-corrected chi connectivity index (χ4v) is 1.90. The van der Waals surface area contributed by atoms with E-state index in [1.54, 1.807) is 6.20 Å². The highest BCUT2D eigenvalue weighted by atomic mass is 16.5. The number of nitrogen functional groups attached to an aromatic ring is 1. The molecule has 2 heterocycles. The fraction of sp³-hybridized carbons (Fsp3) is 0.636. The third-order valence-electron chi connectivity index (χ3n) is 2.97. The van der Waals surface area contributed by atoms with Gasteiger partial charge in [0.15, 0.2) is 0 Å². The van der Waals surface area contributed by atoms with Crippen LogP contribution in [0.3, 0.4) is 0 Å². The highest BCUT2D eigenvalue weighted by molar-refractivity contribution is 5.45. The first-order valence-electron chi connectivity index (χ1n) is 5.91. The minimum Gasteiger partial charge on any atom is -0.381 e. The normalized spacial score (nSPS) is 19.3. The standard InChI is InChI=1S/C11H19N5O/c1-8-6-14-11(16-12)15-10(8)13-4-2-9-3-5-17-7-9/h6,9H,2-5,7,12H2,1H3,(H2,13,14,15,16). The SMILES string of the molecule is Cc1cnc(NN)nc1NCCC1CCOC1. The number of rotatable bonds is 5. The first-order valence-corrected chi connectivity index (χ1v) is 5.91. The third kappa shape index (κ3) is 3.28. The molecule has 0 spiro atoms. The summed E-state index contributed by atoms with van der Waals surface area (Å²) < 4.78 is 5.34. The predicted octanol–water partition coefficient (Wildman–Crippen LogP) is 0.909. The van der Waals surface area contributed by atoms with Crippen LogP contribution < -0.4 is 16.6 Å². The summed E-state index contributed by atoms with van der Waals surface area (Å²) in [5.41, 5.74) is 3.46. The zero-order chi connectivity index (χ0) is 12.1. The quantitative estimate of drug-likeness (QED) is 0.521. The smallest absolute Gasteiger partial charge is 0.239 e. The van der Waals surface area contributed by atoms with Gasteiger partial charge in [0.25, 0.3) is 0 Å². The van der Waals surface area contributed by atoms with Crippen molar-refractivity contribution in [1.29, 1.82) is 0 Å². The summed E-state index contributed by atoms with van der Waals surface area (Å²) in [6.07, 6.45) is 4.03. The molecule has 6 nitrogen and oxygen atoms in total. The molecule has 1 aliphatic heterocycles. The average molecular weight is 237 g/mol. The van der Waals surface area contributed by atoms with Gasteiger partial charge in [-0.25, -0.2) is 10.8 Å². The largest absolute Gasteiger partial charge is 0.381 e. The van der Waals surface area contributed by atoms with E-state index in [9.17, 15) is 0 Å². The van der Waals surface area contributed by atoms with E-state index < -0.39 is 0 Å². The molecule has 0 bridgehead atoms. The topological polar surface area (TPSA) is 85.1 Å². The van der Waals surface area contributed by atoms with Crippen LogP contribution >= 0.6 is 0 Å². The second-order valence-corrected chi connectivity index (χ2v) is 4.31. The third-order valence-corrected chi connectivity index (χ3v) is 2.97. The number of aromatic nitrogens is 2. The van der Waals surface area contributed by atoms with E-state index in [2.05, 4.69) is 20.7 Å². The number of nitrogens with two attached hydrogens (primary N) is 1. The van der Waals surface area contributed by atoms with Gasteiger partial charge in [-0.05, 0) is 25.7 Å². The molecule has 1 fully saturated rings. The molecule has 17 heavy (non-hydrogen) atoms. The van der Waals surface area contributed by atoms with E-state index >= 15 is 0 Å². The van der Waals surface area contributed by atoms with Crippen molar-refractivity contribution in [2.75, 3.05) is 30.5 Å². The van der Waals surface area contributed by atoms with Crippen LogP contribution in [0, 0.1) is 12.8 Å². The summed E-state index contributed by atoms with van der Waals surface area (Å²) >= 11 is 0. The van der Waals surface area contributed by atoms with Gasteiger partial charge in [0.1, 0.15) is 5.82 Å².